The molecule has 0 atom stereocenters. The van der Waals surface area contributed by atoms with Gasteiger partial charge in [0.15, 0.2) is 0 Å². The van der Waals surface area contributed by atoms with Gasteiger partial charge < -0.3 is 14.5 Å². The second-order valence-electron chi connectivity index (χ2n) is 5.34. The fraction of sp³-hybridized carbons (Fsp3) is 0.400. The summed E-state index contributed by atoms with van der Waals surface area (Å²) in [4.78, 5) is 15.0. The zero-order chi connectivity index (χ0) is 13.6. The number of hydrogen-bond donors (Lipinski definition) is 1. The van der Waals surface area contributed by atoms with E-state index in [-0.39, 0.29) is 11.6 Å². The minimum Gasteiger partial charge on any atom is -0.465 e. The Bertz CT molecular complexity index is 655. The lowest BCUT2D eigenvalue weighted by molar-refractivity contribution is -0.0339. The number of carbonyl (C=O) groups is 1. The van der Waals surface area contributed by atoms with Gasteiger partial charge in [-0.1, -0.05) is 0 Å². The van der Waals surface area contributed by atoms with Gasteiger partial charge in [-0.2, -0.15) is 0 Å². The number of methoxy groups -OCH3 is 1. The number of H-pyrrole nitrogens is 1. The number of ether oxygens (including phenoxy) is 2. The van der Waals surface area contributed by atoms with Crippen LogP contribution in [0.5, 0.6) is 0 Å². The van der Waals surface area contributed by atoms with Gasteiger partial charge in [0.2, 0.25) is 0 Å². The quantitative estimate of drug-likeness (QED) is 0.801. The number of esters is 1. The highest BCUT2D eigenvalue weighted by Crippen LogP contribution is 2.36. The second kappa shape index (κ2) is 4.10. The molecule has 2 aromatic rings. The monoisotopic (exact) mass is 259 g/mol. The van der Waals surface area contributed by atoms with Crippen LogP contribution in [0.15, 0.2) is 18.2 Å². The van der Waals surface area contributed by atoms with Crippen LogP contribution in [0.3, 0.4) is 0 Å². The summed E-state index contributed by atoms with van der Waals surface area (Å²) in [7, 11) is 1.40. The summed E-state index contributed by atoms with van der Waals surface area (Å²) < 4.78 is 10.6. The molecule has 1 aliphatic heterocycles. The summed E-state index contributed by atoms with van der Waals surface area (Å²) in [5, 5.41) is 1.09. The number of hydrogen-bond acceptors (Lipinski definition) is 3. The minimum atomic E-state index is -0.308. The maximum atomic E-state index is 11.6. The van der Waals surface area contributed by atoms with Crippen LogP contribution in [-0.2, 0) is 21.5 Å². The Morgan fingerprint density at radius 2 is 2.21 bits per heavy atom. The molecule has 0 aliphatic carbocycles. The zero-order valence-corrected chi connectivity index (χ0v) is 11.4. The van der Waals surface area contributed by atoms with Crippen molar-refractivity contribution >= 4 is 16.9 Å². The summed E-state index contributed by atoms with van der Waals surface area (Å²) in [5.74, 6) is -0.303. The van der Waals surface area contributed by atoms with Gasteiger partial charge in [0.05, 0.1) is 25.0 Å². The molecule has 0 saturated carbocycles. The molecule has 3 rings (SSSR count). The van der Waals surface area contributed by atoms with Crippen molar-refractivity contribution in [2.75, 3.05) is 13.7 Å². The van der Waals surface area contributed by atoms with E-state index < -0.39 is 0 Å². The fourth-order valence-electron chi connectivity index (χ4n) is 2.75. The first-order valence-electron chi connectivity index (χ1n) is 6.40. The highest BCUT2D eigenvalue weighted by Gasteiger charge is 2.31. The van der Waals surface area contributed by atoms with Crippen LogP contribution in [0.4, 0.5) is 0 Å². The highest BCUT2D eigenvalue weighted by atomic mass is 16.5. The van der Waals surface area contributed by atoms with Crippen molar-refractivity contribution in [3.8, 4) is 0 Å². The van der Waals surface area contributed by atoms with Gasteiger partial charge in [0.1, 0.15) is 5.60 Å². The molecule has 4 heteroatoms. The molecular formula is C15H17NO3. The molecule has 0 spiro atoms. The van der Waals surface area contributed by atoms with E-state index in [2.05, 4.69) is 18.8 Å². The van der Waals surface area contributed by atoms with Gasteiger partial charge >= 0.3 is 5.97 Å². The number of nitrogens with one attached hydrogen (secondary N) is 1. The molecular weight excluding hydrogens is 242 g/mol. The van der Waals surface area contributed by atoms with E-state index in [0.29, 0.717) is 12.2 Å². The number of aromatic amines is 1. The molecule has 0 saturated heterocycles. The summed E-state index contributed by atoms with van der Waals surface area (Å²) in [5.41, 5.74) is 3.67. The number of aromatic nitrogens is 1. The number of fused-ring (bicyclic) bond motifs is 3. The molecule has 2 heterocycles. The lowest BCUT2D eigenvalue weighted by Crippen LogP contribution is -2.29. The van der Waals surface area contributed by atoms with Gasteiger partial charge in [-0.15, -0.1) is 0 Å². The van der Waals surface area contributed by atoms with Crippen molar-refractivity contribution in [3.05, 3.63) is 35.0 Å². The minimum absolute atomic E-state index is 0.303. The fourth-order valence-corrected chi connectivity index (χ4v) is 2.75. The van der Waals surface area contributed by atoms with Crippen LogP contribution < -0.4 is 0 Å². The Morgan fingerprint density at radius 1 is 1.42 bits per heavy atom. The van der Waals surface area contributed by atoms with Crippen LogP contribution in [0, 0.1) is 0 Å². The summed E-state index contributed by atoms with van der Waals surface area (Å²) in [6.07, 6.45) is 0.864. The maximum Gasteiger partial charge on any atom is 0.337 e. The molecule has 0 bridgehead atoms. The first kappa shape index (κ1) is 12.2. The van der Waals surface area contributed by atoms with Crippen molar-refractivity contribution in [2.24, 2.45) is 0 Å². The van der Waals surface area contributed by atoms with Gasteiger partial charge in [-0.25, -0.2) is 4.79 Å². The predicted molar refractivity (Wildman–Crippen MR) is 72.3 cm³/mol. The van der Waals surface area contributed by atoms with E-state index >= 15 is 0 Å². The van der Waals surface area contributed by atoms with Gasteiger partial charge in [0, 0.05) is 10.9 Å². The second-order valence-corrected chi connectivity index (χ2v) is 5.34. The summed E-state index contributed by atoms with van der Waals surface area (Å²) in [6.45, 7) is 4.82. The van der Waals surface area contributed by atoms with Gasteiger partial charge in [0.25, 0.3) is 0 Å². The molecule has 1 aromatic heterocycles. The van der Waals surface area contributed by atoms with Crippen LogP contribution in [0.25, 0.3) is 10.9 Å². The lowest BCUT2D eigenvalue weighted by atomic mass is 9.94. The molecule has 100 valence electrons. The zero-order valence-electron chi connectivity index (χ0n) is 11.4. The van der Waals surface area contributed by atoms with Crippen molar-refractivity contribution in [2.45, 2.75) is 25.9 Å². The van der Waals surface area contributed by atoms with E-state index in [9.17, 15) is 4.79 Å². The largest absolute Gasteiger partial charge is 0.465 e. The molecule has 0 fully saturated rings. The molecule has 1 aliphatic rings. The van der Waals surface area contributed by atoms with Crippen molar-refractivity contribution in [1.82, 2.24) is 4.98 Å². The molecule has 0 unspecified atom stereocenters. The van der Waals surface area contributed by atoms with Gasteiger partial charge in [-0.05, 0) is 44.0 Å². The third-order valence-corrected chi connectivity index (χ3v) is 3.74. The SMILES string of the molecule is COC(=O)c1ccc2[nH]c3c(c2c1)CCOC3(C)C. The standard InChI is InChI=1S/C15H17NO3/c1-15(2)13-10(6-7-19-15)11-8-9(14(17)18-3)4-5-12(11)16-13/h4-5,8,16H,6-7H2,1-3H3. The predicted octanol–water partition coefficient (Wildman–Crippen LogP) is 2.76. The molecule has 0 radical (unpaired) electrons. The molecule has 19 heavy (non-hydrogen) atoms. The average molecular weight is 259 g/mol. The molecule has 4 nitrogen and oxygen atoms in total. The van der Waals surface area contributed by atoms with E-state index in [4.69, 9.17) is 9.47 Å². The molecule has 1 aromatic carbocycles. The molecule has 1 N–H and O–H groups in total. The van der Waals surface area contributed by atoms with Crippen LogP contribution in [0.2, 0.25) is 0 Å². The van der Waals surface area contributed by atoms with E-state index in [0.717, 1.165) is 23.0 Å². The third kappa shape index (κ3) is 1.83. The summed E-state index contributed by atoms with van der Waals surface area (Å²) >= 11 is 0. The first-order chi connectivity index (χ1) is 9.03. The Hall–Kier alpha value is -1.81. The smallest absolute Gasteiger partial charge is 0.337 e. The van der Waals surface area contributed by atoms with E-state index in [1.54, 1.807) is 6.07 Å². The van der Waals surface area contributed by atoms with E-state index in [1.807, 2.05) is 12.1 Å². The topological polar surface area (TPSA) is 51.3 Å². The average Bonchev–Trinajstić information content (AvgIpc) is 2.77. The highest BCUT2D eigenvalue weighted by molar-refractivity contribution is 5.96. The normalized spacial score (nSPS) is 17.2. The summed E-state index contributed by atoms with van der Waals surface area (Å²) in [6, 6.07) is 5.61. The Labute approximate surface area is 111 Å². The first-order valence-corrected chi connectivity index (χ1v) is 6.40. The molecule has 0 amide bonds. The van der Waals surface area contributed by atoms with Crippen molar-refractivity contribution in [1.29, 1.82) is 0 Å². The van der Waals surface area contributed by atoms with Crippen LogP contribution in [-0.4, -0.2) is 24.7 Å². The number of benzene rings is 1. The number of rotatable bonds is 1. The Morgan fingerprint density at radius 3 is 2.95 bits per heavy atom. The Balaban J connectivity index is 2.21. The lowest BCUT2D eigenvalue weighted by Gasteiger charge is -2.30. The third-order valence-electron chi connectivity index (χ3n) is 3.74. The van der Waals surface area contributed by atoms with Gasteiger partial charge in [-0.3, -0.25) is 0 Å². The number of carbonyl (C=O) groups excluding carboxylic acids is 1. The van der Waals surface area contributed by atoms with Crippen molar-refractivity contribution in [3.63, 3.8) is 0 Å². The van der Waals surface area contributed by atoms with Crippen LogP contribution >= 0.6 is 0 Å². The van der Waals surface area contributed by atoms with E-state index in [1.165, 1.54) is 12.7 Å². The van der Waals surface area contributed by atoms with Crippen molar-refractivity contribution < 1.29 is 14.3 Å². The Kier molecular flexibility index (Phi) is 2.64. The maximum absolute atomic E-state index is 11.6. The van der Waals surface area contributed by atoms with Crippen LogP contribution in [0.1, 0.15) is 35.5 Å².